The van der Waals surface area contributed by atoms with Gasteiger partial charge in [-0.25, -0.2) is 9.78 Å². The van der Waals surface area contributed by atoms with Gasteiger partial charge in [0, 0.05) is 17.2 Å². The first-order chi connectivity index (χ1) is 18.9. The molecule has 1 atom stereocenters. The molecule has 0 aliphatic heterocycles. The molecule has 0 unspecified atom stereocenters. The number of fused-ring (bicyclic) bond motifs is 1. The Kier molecular flexibility index (Phi) is 12.8. The van der Waals surface area contributed by atoms with Gasteiger partial charge >= 0.3 is 35.7 Å². The Labute approximate surface area is 265 Å². The van der Waals surface area contributed by atoms with E-state index in [1.165, 1.54) is 26.0 Å². The van der Waals surface area contributed by atoms with Crippen LogP contribution in [0.4, 0.5) is 16.6 Å². The molecule has 2 aromatic heterocycles. The average Bonchev–Trinajstić information content (AvgIpc) is 3.28. The average molecular weight is 598 g/mol. The Balaban J connectivity index is 0.00000588. The van der Waals surface area contributed by atoms with E-state index in [2.05, 4.69) is 32.6 Å². The number of carbonyl (C=O) groups is 2. The maximum absolute atomic E-state index is 12.1. The van der Waals surface area contributed by atoms with Gasteiger partial charge < -0.3 is 40.5 Å². The summed E-state index contributed by atoms with van der Waals surface area (Å²) in [7, 11) is 3.06. The number of unbranched alkanes of at least 4 members (excludes halogenated alkanes) is 1. The Bertz CT molecular complexity index is 1320. The van der Waals surface area contributed by atoms with Crippen molar-refractivity contribution in [3.05, 3.63) is 23.9 Å². The van der Waals surface area contributed by atoms with Crippen LogP contribution in [0, 0.1) is 0 Å². The van der Waals surface area contributed by atoms with Crippen molar-refractivity contribution in [3.63, 3.8) is 0 Å². The number of benzene rings is 1. The van der Waals surface area contributed by atoms with Gasteiger partial charge in [0.25, 0.3) is 0 Å². The summed E-state index contributed by atoms with van der Waals surface area (Å²) in [6.07, 6.45) is 2.94. The van der Waals surface area contributed by atoms with Crippen molar-refractivity contribution in [2.45, 2.75) is 63.6 Å². The molecule has 0 bridgehead atoms. The van der Waals surface area contributed by atoms with Crippen LogP contribution in [0.3, 0.4) is 0 Å². The Morgan fingerprint density at radius 2 is 1.83 bits per heavy atom. The van der Waals surface area contributed by atoms with Crippen LogP contribution < -0.4 is 60.5 Å². The minimum atomic E-state index is -1.42. The van der Waals surface area contributed by atoms with Gasteiger partial charge in [0.05, 0.1) is 44.5 Å². The number of ether oxygens (including phenoxy) is 3. The molecule has 218 valence electrons. The Hall–Kier alpha value is -2.94. The summed E-state index contributed by atoms with van der Waals surface area (Å²) in [4.78, 5) is 33.0. The number of methoxy groups -OCH3 is 2. The smallest absolute Gasteiger partial charge is 0.548 e. The molecule has 3 aromatic rings. The normalized spacial score (nSPS) is 11.9. The second-order valence-corrected chi connectivity index (χ2v) is 11.0. The number of aromatic nitrogens is 4. The van der Waals surface area contributed by atoms with Crippen LogP contribution in [0.2, 0.25) is 0 Å². The SMILES string of the molecule is CCCCNc1nc(N)nc2cn(Cc3c(OC)cc(SC[C@H](NC(=O)OC(C)(C)C)C(=O)[O-])cc3OC)nc12.[Na+]. The quantitative estimate of drug-likeness (QED) is 0.130. The van der Waals surface area contributed by atoms with Crippen LogP contribution in [0.5, 0.6) is 11.5 Å². The third kappa shape index (κ3) is 9.83. The number of nitrogens with zero attached hydrogens (tertiary/aromatic N) is 4. The summed E-state index contributed by atoms with van der Waals surface area (Å²) in [5.41, 5.74) is 7.05. The largest absolute Gasteiger partial charge is 1.00 e. The summed E-state index contributed by atoms with van der Waals surface area (Å²) >= 11 is 1.19. The molecule has 0 aliphatic carbocycles. The standard InChI is InChI=1S/C26H37N7O6S.Na/c1-7-8-9-28-22-21-17(29-24(27)31-22)13-33(32-21)12-16-19(37-5)10-15(11-20(16)38-6)40-14-18(23(34)35)30-25(36)39-26(2,3)4;/h10-11,13,18H,7-9,12,14H2,1-6H3,(H,30,36)(H,34,35)(H3,27,28,29,31);/q;+1/p-1/t18-;/m0./s1. The maximum atomic E-state index is 12.1. The number of carbonyl (C=O) groups excluding carboxylic acids is 2. The number of thioether (sulfide) groups is 1. The summed E-state index contributed by atoms with van der Waals surface area (Å²) in [6, 6.07) is 2.25. The monoisotopic (exact) mass is 597 g/mol. The second-order valence-electron chi connectivity index (χ2n) is 9.91. The second kappa shape index (κ2) is 15.3. The van der Waals surface area contributed by atoms with Crippen molar-refractivity contribution in [2.24, 2.45) is 0 Å². The van der Waals surface area contributed by atoms with E-state index in [-0.39, 0.29) is 41.3 Å². The molecule has 41 heavy (non-hydrogen) atoms. The number of nitrogens with two attached hydrogens (primary N) is 1. The number of rotatable bonds is 13. The number of carboxylic acid groups (broad SMARTS) is 1. The molecular formula is C26H36N7NaO6S. The van der Waals surface area contributed by atoms with Crippen molar-refractivity contribution in [2.75, 3.05) is 37.6 Å². The van der Waals surface area contributed by atoms with Gasteiger partial charge in [-0.1, -0.05) is 13.3 Å². The number of nitrogens with one attached hydrogen (secondary N) is 2. The number of hydrogen-bond acceptors (Lipinski definition) is 12. The van der Waals surface area contributed by atoms with E-state index in [4.69, 9.17) is 19.9 Å². The van der Waals surface area contributed by atoms with E-state index in [0.29, 0.717) is 45.4 Å². The van der Waals surface area contributed by atoms with E-state index in [9.17, 15) is 14.7 Å². The van der Waals surface area contributed by atoms with Crippen LogP contribution >= 0.6 is 11.8 Å². The van der Waals surface area contributed by atoms with E-state index in [0.717, 1.165) is 19.4 Å². The molecule has 15 heteroatoms. The molecule has 3 rings (SSSR count). The van der Waals surface area contributed by atoms with Gasteiger partial charge in [-0.2, -0.15) is 10.1 Å². The van der Waals surface area contributed by atoms with E-state index in [1.807, 2.05) is 0 Å². The summed E-state index contributed by atoms with van der Waals surface area (Å²) in [6.45, 7) is 8.20. The van der Waals surface area contributed by atoms with Gasteiger partial charge in [-0.15, -0.1) is 11.8 Å². The summed E-state index contributed by atoms with van der Waals surface area (Å²) in [5, 5.41) is 21.9. The number of alkyl carbamates (subject to hydrolysis) is 1. The summed E-state index contributed by atoms with van der Waals surface area (Å²) < 4.78 is 18.1. The zero-order valence-electron chi connectivity index (χ0n) is 24.6. The van der Waals surface area contributed by atoms with Crippen LogP contribution in [-0.2, 0) is 16.1 Å². The first-order valence-corrected chi connectivity index (χ1v) is 13.7. The minimum Gasteiger partial charge on any atom is -0.548 e. The van der Waals surface area contributed by atoms with Gasteiger partial charge in [-0.05, 0) is 39.3 Å². The molecule has 2 heterocycles. The topological polar surface area (TPSA) is 179 Å². The number of carboxylic acids is 1. The molecule has 0 spiro atoms. The van der Waals surface area contributed by atoms with Crippen molar-refractivity contribution in [1.29, 1.82) is 0 Å². The number of hydrogen-bond donors (Lipinski definition) is 3. The fourth-order valence-electron chi connectivity index (χ4n) is 3.72. The Morgan fingerprint density at radius 1 is 1.17 bits per heavy atom. The zero-order valence-corrected chi connectivity index (χ0v) is 27.4. The number of nitrogen functional groups attached to an aromatic ring is 1. The van der Waals surface area contributed by atoms with Crippen LogP contribution in [-0.4, -0.2) is 70.0 Å². The van der Waals surface area contributed by atoms with Gasteiger partial charge in [0.15, 0.2) is 11.3 Å². The van der Waals surface area contributed by atoms with E-state index < -0.39 is 23.7 Å². The van der Waals surface area contributed by atoms with E-state index >= 15 is 0 Å². The van der Waals surface area contributed by atoms with Gasteiger partial charge in [0.1, 0.15) is 22.6 Å². The van der Waals surface area contributed by atoms with Crippen LogP contribution in [0.15, 0.2) is 23.2 Å². The molecule has 4 N–H and O–H groups in total. The van der Waals surface area contributed by atoms with Crippen molar-refractivity contribution < 1.29 is 58.5 Å². The van der Waals surface area contributed by atoms with E-state index in [1.54, 1.807) is 43.8 Å². The van der Waals surface area contributed by atoms with Gasteiger partial charge in [0.2, 0.25) is 5.95 Å². The van der Waals surface area contributed by atoms with Crippen molar-refractivity contribution in [3.8, 4) is 11.5 Å². The van der Waals surface area contributed by atoms with Crippen LogP contribution in [0.25, 0.3) is 11.0 Å². The summed E-state index contributed by atoms with van der Waals surface area (Å²) in [5.74, 6) is 0.316. The molecule has 0 aliphatic rings. The molecule has 1 aromatic carbocycles. The zero-order chi connectivity index (χ0) is 29.4. The molecule has 0 fully saturated rings. The molecular weight excluding hydrogens is 561 g/mol. The fraction of sp³-hybridized carbons (Fsp3) is 0.500. The molecule has 0 saturated heterocycles. The number of amides is 1. The number of anilines is 2. The fourth-order valence-corrected chi connectivity index (χ4v) is 4.68. The molecule has 13 nitrogen and oxygen atoms in total. The van der Waals surface area contributed by atoms with Gasteiger partial charge in [-0.3, -0.25) is 4.68 Å². The first kappa shape index (κ1) is 34.3. The third-order valence-electron chi connectivity index (χ3n) is 5.54. The van der Waals surface area contributed by atoms with Crippen LogP contribution in [0.1, 0.15) is 46.1 Å². The maximum Gasteiger partial charge on any atom is 1.00 e. The molecule has 0 saturated carbocycles. The van der Waals surface area contributed by atoms with Crippen molar-refractivity contribution in [1.82, 2.24) is 25.1 Å². The minimum absolute atomic E-state index is 0. The number of aliphatic carboxylic acids is 1. The first-order valence-electron chi connectivity index (χ1n) is 12.8. The predicted octanol–water partition coefficient (Wildman–Crippen LogP) is -0.575. The molecule has 1 amide bonds. The predicted molar refractivity (Wildman–Crippen MR) is 151 cm³/mol. The molecule has 0 radical (unpaired) electrons. The third-order valence-corrected chi connectivity index (χ3v) is 6.61. The van der Waals surface area contributed by atoms with Crippen molar-refractivity contribution >= 4 is 46.6 Å². The Morgan fingerprint density at radius 3 is 2.39 bits per heavy atom.